The molecule has 6 aromatic carbocycles. The molecule has 0 heterocycles. The van der Waals surface area contributed by atoms with Crippen LogP contribution >= 0.6 is 0 Å². The smallest absolute Gasteiger partial charge is 0.744 e. The Balaban J connectivity index is 0.00000683. The molecule has 0 unspecified atom stereocenters. The van der Waals surface area contributed by atoms with Gasteiger partial charge in [0.15, 0.2) is 5.75 Å². The van der Waals surface area contributed by atoms with E-state index in [1.807, 2.05) is 0 Å². The van der Waals surface area contributed by atoms with E-state index in [4.69, 9.17) is 5.73 Å². The number of phenols is 3. The van der Waals surface area contributed by atoms with Crippen LogP contribution in [-0.2, 0) is 30.3 Å². The van der Waals surface area contributed by atoms with Crippen molar-refractivity contribution in [1.29, 1.82) is 0 Å². The van der Waals surface area contributed by atoms with E-state index in [0.29, 0.717) is 17.8 Å². The van der Waals surface area contributed by atoms with Gasteiger partial charge in [0.2, 0.25) is 0 Å². The number of nitrogens with one attached hydrogen (secondary N) is 1. The van der Waals surface area contributed by atoms with Crippen LogP contribution in [0.2, 0.25) is 0 Å². The molecule has 0 aromatic heterocycles. The fraction of sp³-hybridized carbons (Fsp3) is 0. The number of nitro benzene ring substituents is 1. The largest absolute Gasteiger partial charge is 1.00 e. The second kappa shape index (κ2) is 17.8. The second-order valence-corrected chi connectivity index (χ2v) is 16.3. The summed E-state index contributed by atoms with van der Waals surface area (Å²) in [5, 5.41) is 63.4. The maximum Gasteiger partial charge on any atom is 1.00 e. The first-order valence-electron chi connectivity index (χ1n) is 16.0. The van der Waals surface area contributed by atoms with Crippen molar-refractivity contribution < 1.29 is 106 Å². The van der Waals surface area contributed by atoms with Gasteiger partial charge in [-0.05, 0) is 90.3 Å². The van der Waals surface area contributed by atoms with Crippen molar-refractivity contribution in [2.75, 3.05) is 10.5 Å². The zero-order valence-corrected chi connectivity index (χ0v) is 35.8. The molecule has 60 heavy (non-hydrogen) atoms. The molecule has 0 aliphatic heterocycles. The number of anilines is 2. The number of rotatable bonds is 12. The van der Waals surface area contributed by atoms with Crippen LogP contribution in [-0.4, -0.2) is 54.6 Å². The van der Waals surface area contributed by atoms with Gasteiger partial charge in [0, 0.05) is 23.9 Å². The molecule has 22 nitrogen and oxygen atoms in total. The average Bonchev–Trinajstić information content (AvgIpc) is 3.16. The zero-order valence-electron chi connectivity index (χ0n) is 30.2. The zero-order chi connectivity index (χ0) is 42.9. The first-order chi connectivity index (χ1) is 27.7. The third-order valence-electron chi connectivity index (χ3n) is 7.95. The van der Waals surface area contributed by atoms with Crippen LogP contribution in [0.15, 0.2) is 149 Å². The normalized spacial score (nSPS) is 12.3. The van der Waals surface area contributed by atoms with Gasteiger partial charge < -0.3 is 25.6 Å². The fourth-order valence-corrected chi connectivity index (χ4v) is 7.54. The van der Waals surface area contributed by atoms with Gasteiger partial charge in [0.05, 0.1) is 42.9 Å². The molecular weight excluding hydrogens is 878 g/mol. The number of nitrogen functional groups attached to an aromatic ring is 1. The summed E-state index contributed by atoms with van der Waals surface area (Å²) in [5.41, 5.74) is 3.88. The van der Waals surface area contributed by atoms with Crippen LogP contribution in [0.4, 0.5) is 51.2 Å². The van der Waals surface area contributed by atoms with E-state index in [9.17, 15) is 59.8 Å². The minimum Gasteiger partial charge on any atom is -0.744 e. The number of hydrogen-bond donors (Lipinski definition) is 6. The molecular formula is C34H24KN9O13S3. The van der Waals surface area contributed by atoms with E-state index in [-0.39, 0.29) is 96.2 Å². The monoisotopic (exact) mass is 901 g/mol. The number of fused-ring (bicyclic) bond motifs is 1. The molecule has 26 heteroatoms. The summed E-state index contributed by atoms with van der Waals surface area (Å²) >= 11 is 0. The van der Waals surface area contributed by atoms with Gasteiger partial charge in [-0.15, -0.1) is 15.3 Å². The summed E-state index contributed by atoms with van der Waals surface area (Å²) < 4.78 is 100. The van der Waals surface area contributed by atoms with Crippen LogP contribution in [0, 0.1) is 10.1 Å². The first-order valence-corrected chi connectivity index (χ1v) is 20.3. The Morgan fingerprint density at radius 3 is 1.70 bits per heavy atom. The van der Waals surface area contributed by atoms with Crippen molar-refractivity contribution >= 4 is 92.2 Å². The summed E-state index contributed by atoms with van der Waals surface area (Å²) in [6.07, 6.45) is 0. The van der Waals surface area contributed by atoms with Gasteiger partial charge in [-0.3, -0.25) is 19.4 Å². The average molecular weight is 902 g/mol. The molecule has 0 bridgehead atoms. The van der Waals surface area contributed by atoms with Crippen molar-refractivity contribution in [1.82, 2.24) is 0 Å². The maximum atomic E-state index is 13.1. The van der Waals surface area contributed by atoms with Gasteiger partial charge in [-0.1, -0.05) is 0 Å². The van der Waals surface area contributed by atoms with Crippen molar-refractivity contribution in [3.8, 4) is 17.2 Å². The molecule has 0 fully saturated rings. The van der Waals surface area contributed by atoms with Crippen LogP contribution in [0.1, 0.15) is 0 Å². The third-order valence-corrected chi connectivity index (χ3v) is 11.1. The predicted octanol–water partition coefficient (Wildman–Crippen LogP) is 4.65. The number of aromatic hydroxyl groups is 3. The molecule has 7 N–H and O–H groups in total. The maximum absolute atomic E-state index is 13.1. The van der Waals surface area contributed by atoms with Crippen molar-refractivity contribution in [3.63, 3.8) is 0 Å². The molecule has 6 aromatic rings. The van der Waals surface area contributed by atoms with Crippen molar-refractivity contribution in [3.05, 3.63) is 113 Å². The number of phenolic OH excluding ortho intramolecular Hbond substituents is 3. The van der Waals surface area contributed by atoms with Gasteiger partial charge in [0.1, 0.15) is 43.6 Å². The number of nitrogens with two attached hydrogens (primary N) is 1. The van der Waals surface area contributed by atoms with E-state index in [1.165, 1.54) is 48.5 Å². The van der Waals surface area contributed by atoms with E-state index in [0.717, 1.165) is 42.5 Å². The Morgan fingerprint density at radius 1 is 0.650 bits per heavy atom. The number of nitro groups is 1. The van der Waals surface area contributed by atoms with Gasteiger partial charge >= 0.3 is 51.4 Å². The van der Waals surface area contributed by atoms with E-state index >= 15 is 0 Å². The standard InChI is InChI=1S/C34H25N9O13S3.K/c35-31-30-18(15-28(58(51,52)53)32(31)40-37-20-5-9-23(10-6-20)43(47)48)16-29(59(54,55)56)33(34(30)46)41-38-21-7-12-25(13-8-21)57(49,50)42-22-3-1-19(2-4-22)36-39-26-14-11-24(44)17-27(26)45;/h1-17,42,44-46H,35H2,(H,51,52,53)(H,54,55,56);/q;+1/p-1. The van der Waals surface area contributed by atoms with Crippen LogP contribution in [0.3, 0.4) is 0 Å². The van der Waals surface area contributed by atoms with E-state index < -0.39 is 78.6 Å². The Bertz CT molecular complexity index is 3100. The molecule has 0 spiro atoms. The van der Waals surface area contributed by atoms with Gasteiger partial charge in [-0.25, -0.2) is 16.8 Å². The molecule has 0 radical (unpaired) electrons. The first kappa shape index (κ1) is 45.3. The van der Waals surface area contributed by atoms with Gasteiger partial charge in [-0.2, -0.15) is 23.8 Å². The Hall–Kier alpha value is -5.81. The molecule has 302 valence electrons. The SMILES string of the molecule is Nc1c(N=Nc2ccc([N+](=O)[O-])cc2)c(S(=O)(=O)[O-])cc2cc(S(=O)(=O)O)c(N=Nc3ccc(S(=O)(=O)Nc4ccc(N=Nc5ccc(O)cc5O)cc4)cc3)c(O)c12.[K+]. The molecule has 0 saturated carbocycles. The number of nitrogens with zero attached hydrogens (tertiary/aromatic N) is 7. The minimum atomic E-state index is -5.41. The summed E-state index contributed by atoms with van der Waals surface area (Å²) in [5.74, 6) is -1.53. The van der Waals surface area contributed by atoms with Crippen LogP contribution in [0.25, 0.3) is 10.8 Å². The fourth-order valence-electron chi connectivity index (χ4n) is 5.16. The number of azo groups is 3. The summed E-state index contributed by atoms with van der Waals surface area (Å²) in [6.45, 7) is 0. The molecule has 6 rings (SSSR count). The Morgan fingerprint density at radius 2 is 1.17 bits per heavy atom. The van der Waals surface area contributed by atoms with E-state index in [2.05, 4.69) is 35.4 Å². The second-order valence-electron chi connectivity index (χ2n) is 11.9. The topological polar surface area (TPSA) is 362 Å². The molecule has 0 atom stereocenters. The number of hydrogen-bond acceptors (Lipinski definition) is 19. The third kappa shape index (κ3) is 10.3. The van der Waals surface area contributed by atoms with Crippen LogP contribution in [0.5, 0.6) is 17.2 Å². The van der Waals surface area contributed by atoms with Crippen molar-refractivity contribution in [2.24, 2.45) is 30.7 Å². The summed E-state index contributed by atoms with van der Waals surface area (Å²) in [4.78, 5) is 7.84. The molecule has 0 amide bonds. The predicted molar refractivity (Wildman–Crippen MR) is 207 cm³/mol. The Kier molecular flexibility index (Phi) is 13.4. The summed E-state index contributed by atoms with van der Waals surface area (Å²) in [6, 6.07) is 19.7. The Labute approximate surface area is 381 Å². The summed E-state index contributed by atoms with van der Waals surface area (Å²) in [7, 11) is -14.8. The molecule has 0 aliphatic rings. The number of sulfonamides is 1. The van der Waals surface area contributed by atoms with Gasteiger partial charge in [0.25, 0.3) is 25.8 Å². The van der Waals surface area contributed by atoms with E-state index in [1.54, 1.807) is 0 Å². The minimum absolute atomic E-state index is 0. The quantitative estimate of drug-likeness (QED) is 0.0243. The van der Waals surface area contributed by atoms with Crippen molar-refractivity contribution in [2.45, 2.75) is 14.7 Å². The number of non-ortho nitro benzene ring substituents is 1. The van der Waals surface area contributed by atoms with Crippen LogP contribution < -0.4 is 61.8 Å². The number of benzene rings is 6. The molecule has 0 saturated heterocycles. The molecule has 0 aliphatic carbocycles.